The predicted molar refractivity (Wildman–Crippen MR) is 138 cm³/mol. The van der Waals surface area contributed by atoms with Crippen LogP contribution >= 0.6 is 0 Å². The van der Waals surface area contributed by atoms with Crippen LogP contribution in [0.3, 0.4) is 0 Å². The fourth-order valence-electron chi connectivity index (χ4n) is 6.14. The molecule has 0 aliphatic carbocycles. The molecule has 18 heteroatoms. The van der Waals surface area contributed by atoms with Crippen molar-refractivity contribution >= 4 is 5.91 Å². The minimum Gasteiger partial charge on any atom is -0.394 e. The summed E-state index contributed by atoms with van der Waals surface area (Å²) in [5.74, 6) is -0.623. The quantitative estimate of drug-likeness (QED) is 0.136. The van der Waals surface area contributed by atoms with Gasteiger partial charge in [-0.1, -0.05) is 0 Å². The lowest BCUT2D eigenvalue weighted by molar-refractivity contribution is -0.408. The van der Waals surface area contributed by atoms with Crippen LogP contribution in [0, 0.1) is 0 Å². The second-order valence-corrected chi connectivity index (χ2v) is 11.9. The lowest BCUT2D eigenvalue weighted by atomic mass is 9.94. The summed E-state index contributed by atoms with van der Waals surface area (Å²) in [5.41, 5.74) is 0. The Morgan fingerprint density at radius 1 is 0.523 bits per heavy atom. The molecule has 18 nitrogen and oxygen atoms in total. The highest BCUT2D eigenvalue weighted by atomic mass is 16.8. The number of hydrogen-bond acceptors (Lipinski definition) is 17. The van der Waals surface area contributed by atoms with Crippen molar-refractivity contribution in [3.8, 4) is 0 Å². The molecule has 0 aromatic carbocycles. The summed E-state index contributed by atoms with van der Waals surface area (Å²) in [6.45, 7) is 4.77. The molecule has 5 saturated heterocycles. The van der Waals surface area contributed by atoms with Crippen LogP contribution in [0.5, 0.6) is 0 Å². The number of nitrogens with one attached hydrogen (secondary N) is 1. The van der Waals surface area contributed by atoms with E-state index >= 15 is 0 Å². The Balaban J connectivity index is 1.61. The van der Waals surface area contributed by atoms with Gasteiger partial charge in [-0.15, -0.1) is 0 Å². The fraction of sp³-hybridized carbons (Fsp3) is 0.962. The molecular weight excluding hydrogens is 598 g/mol. The Morgan fingerprint density at radius 3 is 1.50 bits per heavy atom. The number of ether oxygens (including phenoxy) is 8. The second-order valence-electron chi connectivity index (χ2n) is 11.9. The largest absolute Gasteiger partial charge is 0.394 e. The van der Waals surface area contributed by atoms with Crippen LogP contribution in [0.15, 0.2) is 0 Å². The first-order valence-corrected chi connectivity index (χ1v) is 14.6. The summed E-state index contributed by atoms with van der Waals surface area (Å²) in [6, 6.07) is -1.38. The number of amides is 1. The lowest BCUT2D eigenvalue weighted by Crippen LogP contribution is -2.71. The zero-order valence-electron chi connectivity index (χ0n) is 24.5. The van der Waals surface area contributed by atoms with Crippen molar-refractivity contribution in [2.75, 3.05) is 6.61 Å². The van der Waals surface area contributed by atoms with E-state index < -0.39 is 135 Å². The molecule has 1 amide bonds. The average molecular weight is 642 g/mol. The van der Waals surface area contributed by atoms with Gasteiger partial charge in [-0.25, -0.2) is 0 Å². The highest BCUT2D eigenvalue weighted by Gasteiger charge is 2.57. The number of aliphatic hydroxyl groups excluding tert-OH is 8. The standard InChI is InChI=1S/C26H43NO17/c1-6-13(31)17(35)22-25(38-6)42-20-14(32)8(3)37-24(18(20)36)41-19-11(27-9(4)29)23(40-10(5-28)15(19)33)43-21-16(34)12(30)7(2)39-26(21)44-22/h6-8,10-26,28,30-36H,5H2,1-4H3,(H,27,29)/t6-,7-,8-,10+,11+,12-,13-,14-,15+,16+,17+,18+,19+,20+,21+,22+,23+,24-,25-,26-/m0/s1. The molecule has 20 atom stereocenters. The number of hydrogen-bond donors (Lipinski definition) is 9. The monoisotopic (exact) mass is 641 g/mol. The van der Waals surface area contributed by atoms with Crippen molar-refractivity contribution in [2.45, 2.75) is 150 Å². The predicted octanol–water partition coefficient (Wildman–Crippen LogP) is -5.48. The van der Waals surface area contributed by atoms with E-state index in [1.165, 1.54) is 20.8 Å². The van der Waals surface area contributed by atoms with E-state index in [-0.39, 0.29) is 0 Å². The van der Waals surface area contributed by atoms with Gasteiger partial charge in [-0.3, -0.25) is 4.79 Å². The van der Waals surface area contributed by atoms with Gasteiger partial charge in [0.25, 0.3) is 0 Å². The molecule has 5 fully saturated rings. The van der Waals surface area contributed by atoms with Crippen molar-refractivity contribution < 1.29 is 83.5 Å². The average Bonchev–Trinajstić information content (AvgIpc) is 2.97. The van der Waals surface area contributed by atoms with E-state index in [2.05, 4.69) is 5.32 Å². The van der Waals surface area contributed by atoms with Crippen LogP contribution < -0.4 is 5.32 Å². The molecule has 4 bridgehead atoms. The summed E-state index contributed by atoms with van der Waals surface area (Å²) in [5, 5.41) is 89.4. The zero-order chi connectivity index (χ0) is 32.2. The highest BCUT2D eigenvalue weighted by Crippen LogP contribution is 2.37. The van der Waals surface area contributed by atoms with E-state index in [4.69, 9.17) is 37.9 Å². The number of aliphatic hydroxyl groups is 8. The molecule has 0 unspecified atom stereocenters. The first kappa shape index (κ1) is 34.2. The summed E-state index contributed by atoms with van der Waals surface area (Å²) in [7, 11) is 0. The summed E-state index contributed by atoms with van der Waals surface area (Å²) >= 11 is 0. The lowest BCUT2D eigenvalue weighted by Gasteiger charge is -2.52. The van der Waals surface area contributed by atoms with Crippen LogP contribution in [-0.2, 0) is 42.7 Å². The molecule has 254 valence electrons. The third kappa shape index (κ3) is 6.37. The normalized spacial score (nSPS) is 55.2. The van der Waals surface area contributed by atoms with Gasteiger partial charge in [0.05, 0.1) is 24.9 Å². The molecule has 0 spiro atoms. The molecule has 5 rings (SSSR count). The number of carbonyl (C=O) groups is 1. The topological polar surface area (TPSA) is 265 Å². The van der Waals surface area contributed by atoms with E-state index in [0.29, 0.717) is 0 Å². The molecule has 44 heavy (non-hydrogen) atoms. The molecular formula is C26H43NO17. The van der Waals surface area contributed by atoms with Crippen molar-refractivity contribution in [2.24, 2.45) is 0 Å². The molecule has 5 aliphatic rings. The van der Waals surface area contributed by atoms with Crippen molar-refractivity contribution in [1.29, 1.82) is 0 Å². The van der Waals surface area contributed by atoms with Crippen LogP contribution in [0.2, 0.25) is 0 Å². The van der Waals surface area contributed by atoms with Gasteiger partial charge in [0.15, 0.2) is 25.2 Å². The van der Waals surface area contributed by atoms with Gasteiger partial charge in [0.1, 0.15) is 79.3 Å². The van der Waals surface area contributed by atoms with Crippen LogP contribution in [-0.4, -0.2) is 176 Å². The van der Waals surface area contributed by atoms with Gasteiger partial charge >= 0.3 is 0 Å². The molecule has 9 N–H and O–H groups in total. The minimum atomic E-state index is -1.76. The maximum atomic E-state index is 12.3. The Hall–Kier alpha value is -1.17. The number of fused-ring (bicyclic) bond motifs is 6. The third-order valence-electron chi connectivity index (χ3n) is 8.74. The Labute approximate surface area is 252 Å². The molecule has 0 aromatic heterocycles. The molecule has 5 heterocycles. The van der Waals surface area contributed by atoms with Crippen LogP contribution in [0.25, 0.3) is 0 Å². The van der Waals surface area contributed by atoms with Crippen molar-refractivity contribution in [3.63, 3.8) is 0 Å². The molecule has 0 radical (unpaired) electrons. The van der Waals surface area contributed by atoms with Crippen molar-refractivity contribution in [1.82, 2.24) is 5.32 Å². The highest BCUT2D eigenvalue weighted by molar-refractivity contribution is 5.73. The Morgan fingerprint density at radius 2 is 0.977 bits per heavy atom. The van der Waals surface area contributed by atoms with Gasteiger partial charge in [-0.2, -0.15) is 0 Å². The number of rotatable bonds is 2. The Bertz CT molecular complexity index is 994. The Kier molecular flexibility index (Phi) is 10.5. The van der Waals surface area contributed by atoms with Gasteiger partial charge in [0.2, 0.25) is 5.91 Å². The summed E-state index contributed by atoms with van der Waals surface area (Å²) in [6.07, 6.45) is -28.3. The van der Waals surface area contributed by atoms with E-state index in [1.54, 1.807) is 0 Å². The van der Waals surface area contributed by atoms with E-state index in [1.807, 2.05) is 0 Å². The second kappa shape index (κ2) is 13.5. The minimum absolute atomic E-state index is 0.623. The molecule has 0 saturated carbocycles. The van der Waals surface area contributed by atoms with Crippen LogP contribution in [0.4, 0.5) is 0 Å². The maximum Gasteiger partial charge on any atom is 0.217 e. The molecule has 0 aromatic rings. The zero-order valence-corrected chi connectivity index (χ0v) is 24.5. The van der Waals surface area contributed by atoms with Crippen LogP contribution in [0.1, 0.15) is 27.7 Å². The van der Waals surface area contributed by atoms with Gasteiger partial charge in [-0.05, 0) is 20.8 Å². The summed E-state index contributed by atoms with van der Waals surface area (Å²) < 4.78 is 47.2. The molecule has 5 aliphatic heterocycles. The van der Waals surface area contributed by atoms with E-state index in [0.717, 1.165) is 6.92 Å². The smallest absolute Gasteiger partial charge is 0.217 e. The van der Waals surface area contributed by atoms with E-state index in [9.17, 15) is 45.6 Å². The fourth-order valence-corrected chi connectivity index (χ4v) is 6.14. The van der Waals surface area contributed by atoms with Gasteiger partial charge < -0.3 is 84.1 Å². The number of carbonyl (C=O) groups excluding carboxylic acids is 1. The first-order chi connectivity index (χ1) is 20.7. The first-order valence-electron chi connectivity index (χ1n) is 14.6. The SMILES string of the molecule is CC(=O)N[C@H]1[C@H]2O[C@H]3[C@H](O[C@H]4[C@H](O[C@@H]5[C@@H](O)[C@H](C)O[C@@H](O[C@H]1[C@H](O)[C@@H](CO)O2)[C@@H]5O)O[C@@H](C)[C@H](O)[C@H]4O)O[C@@H](C)[C@H](O)[C@H]3O. The summed E-state index contributed by atoms with van der Waals surface area (Å²) in [4.78, 5) is 12.3. The maximum absolute atomic E-state index is 12.3. The van der Waals surface area contributed by atoms with Gasteiger partial charge in [0, 0.05) is 6.92 Å². The van der Waals surface area contributed by atoms with Crippen molar-refractivity contribution in [3.05, 3.63) is 0 Å². The third-order valence-corrected chi connectivity index (χ3v) is 8.74.